The third-order valence-corrected chi connectivity index (χ3v) is 3.30. The fraction of sp³-hybridized carbons (Fsp3) is 0.125. The van der Waals surface area contributed by atoms with Crippen LogP contribution in [0.1, 0.15) is 21.8 Å². The predicted molar refractivity (Wildman–Crippen MR) is 75.4 cm³/mol. The van der Waals surface area contributed by atoms with Crippen molar-refractivity contribution >= 4 is 11.5 Å². The second kappa shape index (κ2) is 5.06. The van der Waals surface area contributed by atoms with E-state index in [-0.39, 0.29) is 11.7 Å². The van der Waals surface area contributed by atoms with Gasteiger partial charge in [0.1, 0.15) is 5.71 Å². The zero-order valence-electron chi connectivity index (χ0n) is 10.4. The topological polar surface area (TPSA) is 41.5 Å². The van der Waals surface area contributed by atoms with E-state index in [1.165, 1.54) is 0 Å². The van der Waals surface area contributed by atoms with Gasteiger partial charge in [-0.25, -0.2) is 0 Å². The number of hydrazone groups is 1. The summed E-state index contributed by atoms with van der Waals surface area (Å²) in [7, 11) is 0. The van der Waals surface area contributed by atoms with Crippen LogP contribution in [0, 0.1) is 0 Å². The first-order chi connectivity index (χ1) is 9.36. The third kappa shape index (κ3) is 2.27. The molecule has 0 amide bonds. The minimum absolute atomic E-state index is 0.000506. The average Bonchev–Trinajstić information content (AvgIpc) is 2.98. The molecule has 1 atom stereocenters. The Kier molecular flexibility index (Phi) is 3.11. The molecule has 3 nitrogen and oxygen atoms in total. The van der Waals surface area contributed by atoms with E-state index in [4.69, 9.17) is 0 Å². The first-order valence-electron chi connectivity index (χ1n) is 6.31. The largest absolute Gasteiger partial charge is 0.309 e. The quantitative estimate of drug-likeness (QED) is 0.851. The maximum Gasteiger partial charge on any atom is 0.209 e. The Morgan fingerprint density at radius 1 is 1.00 bits per heavy atom. The number of carbonyl (C=O) groups is 1. The molecule has 0 spiro atoms. The van der Waals surface area contributed by atoms with Crippen molar-refractivity contribution in [1.29, 1.82) is 0 Å². The van der Waals surface area contributed by atoms with Gasteiger partial charge in [-0.3, -0.25) is 4.79 Å². The van der Waals surface area contributed by atoms with Crippen molar-refractivity contribution in [3.8, 4) is 0 Å². The number of carbonyl (C=O) groups excluding carboxylic acids is 1. The molecule has 0 radical (unpaired) electrons. The molecule has 0 saturated carbocycles. The zero-order chi connectivity index (χ0) is 13.1. The van der Waals surface area contributed by atoms with Crippen LogP contribution in [0.2, 0.25) is 0 Å². The first-order valence-corrected chi connectivity index (χ1v) is 6.31. The zero-order valence-corrected chi connectivity index (χ0v) is 10.4. The first kappa shape index (κ1) is 11.7. The SMILES string of the molecule is O=C(C1=NNC[C@@H]1c1ccccc1)c1ccccc1. The van der Waals surface area contributed by atoms with Crippen LogP contribution in [0.5, 0.6) is 0 Å². The number of nitrogens with zero attached hydrogens (tertiary/aromatic N) is 1. The van der Waals surface area contributed by atoms with Gasteiger partial charge >= 0.3 is 0 Å². The summed E-state index contributed by atoms with van der Waals surface area (Å²) >= 11 is 0. The van der Waals surface area contributed by atoms with Gasteiger partial charge in [0, 0.05) is 12.1 Å². The lowest BCUT2D eigenvalue weighted by Gasteiger charge is -2.11. The van der Waals surface area contributed by atoms with Gasteiger partial charge < -0.3 is 5.43 Å². The molecule has 1 N–H and O–H groups in total. The van der Waals surface area contributed by atoms with Crippen molar-refractivity contribution in [1.82, 2.24) is 5.43 Å². The average molecular weight is 250 g/mol. The number of ketones is 1. The van der Waals surface area contributed by atoms with Gasteiger partial charge in [-0.2, -0.15) is 5.10 Å². The van der Waals surface area contributed by atoms with Crippen molar-refractivity contribution < 1.29 is 4.79 Å². The molecule has 3 rings (SSSR count). The lowest BCUT2D eigenvalue weighted by Crippen LogP contribution is -2.21. The van der Waals surface area contributed by atoms with Crippen LogP contribution in [0.3, 0.4) is 0 Å². The molecular weight excluding hydrogens is 236 g/mol. The summed E-state index contributed by atoms with van der Waals surface area (Å²) in [4.78, 5) is 12.5. The smallest absolute Gasteiger partial charge is 0.209 e. The molecule has 0 aliphatic carbocycles. The minimum atomic E-state index is -0.000506. The van der Waals surface area contributed by atoms with Gasteiger partial charge in [0.2, 0.25) is 5.78 Å². The summed E-state index contributed by atoms with van der Waals surface area (Å²) in [5.74, 6) is 0.0355. The maximum atomic E-state index is 12.5. The molecule has 1 heterocycles. The molecule has 2 aromatic rings. The standard InChI is InChI=1S/C16H14N2O/c19-16(13-9-5-2-6-10-13)15-14(11-17-18-15)12-7-3-1-4-8-12/h1-10,14,17H,11H2/t14-/m1/s1. The summed E-state index contributed by atoms with van der Waals surface area (Å²) in [5.41, 5.74) is 5.34. The lowest BCUT2D eigenvalue weighted by atomic mass is 9.90. The van der Waals surface area contributed by atoms with Crippen LogP contribution in [-0.2, 0) is 0 Å². The van der Waals surface area contributed by atoms with Crippen LogP contribution in [0.4, 0.5) is 0 Å². The molecular formula is C16H14N2O. The molecule has 2 aromatic carbocycles. The van der Waals surface area contributed by atoms with Crippen LogP contribution in [0.15, 0.2) is 65.8 Å². The Morgan fingerprint density at radius 3 is 2.32 bits per heavy atom. The van der Waals surface area contributed by atoms with Crippen molar-refractivity contribution in [2.24, 2.45) is 5.10 Å². The van der Waals surface area contributed by atoms with E-state index >= 15 is 0 Å². The van der Waals surface area contributed by atoms with E-state index < -0.39 is 0 Å². The number of rotatable bonds is 3. The highest BCUT2D eigenvalue weighted by Gasteiger charge is 2.29. The molecule has 0 aromatic heterocycles. The van der Waals surface area contributed by atoms with Gasteiger partial charge in [0.05, 0.1) is 5.92 Å². The molecule has 1 aliphatic rings. The molecule has 3 heteroatoms. The van der Waals surface area contributed by atoms with E-state index in [2.05, 4.69) is 10.5 Å². The minimum Gasteiger partial charge on any atom is -0.309 e. The third-order valence-electron chi connectivity index (χ3n) is 3.30. The van der Waals surface area contributed by atoms with E-state index in [0.29, 0.717) is 17.8 Å². The van der Waals surface area contributed by atoms with Crippen LogP contribution >= 0.6 is 0 Å². The highest BCUT2D eigenvalue weighted by Crippen LogP contribution is 2.22. The molecule has 0 saturated heterocycles. The monoisotopic (exact) mass is 250 g/mol. The van der Waals surface area contributed by atoms with Crippen molar-refractivity contribution in [2.75, 3.05) is 6.54 Å². The summed E-state index contributed by atoms with van der Waals surface area (Å²) < 4.78 is 0. The van der Waals surface area contributed by atoms with Gasteiger partial charge in [0.15, 0.2) is 0 Å². The predicted octanol–water partition coefficient (Wildman–Crippen LogP) is 2.61. The van der Waals surface area contributed by atoms with Crippen molar-refractivity contribution in [3.05, 3.63) is 71.8 Å². The van der Waals surface area contributed by atoms with Crippen LogP contribution in [0.25, 0.3) is 0 Å². The molecule has 0 bridgehead atoms. The molecule has 0 fully saturated rings. The molecule has 94 valence electrons. The number of hydrogen-bond donors (Lipinski definition) is 1. The van der Waals surface area contributed by atoms with E-state index in [1.807, 2.05) is 60.7 Å². The summed E-state index contributed by atoms with van der Waals surface area (Å²) in [6.07, 6.45) is 0. The molecule has 0 unspecified atom stereocenters. The maximum absolute atomic E-state index is 12.5. The summed E-state index contributed by atoms with van der Waals surface area (Å²) in [5, 5.41) is 4.19. The highest BCUT2D eigenvalue weighted by molar-refractivity contribution is 6.48. The molecule has 1 aliphatic heterocycles. The van der Waals surface area contributed by atoms with E-state index in [9.17, 15) is 4.79 Å². The van der Waals surface area contributed by atoms with E-state index in [1.54, 1.807) is 0 Å². The number of Topliss-reactive ketones (excluding diaryl/α,β-unsaturated/α-hetero) is 1. The fourth-order valence-electron chi connectivity index (χ4n) is 2.30. The van der Waals surface area contributed by atoms with Crippen LogP contribution < -0.4 is 5.43 Å². The number of benzene rings is 2. The molecule has 19 heavy (non-hydrogen) atoms. The van der Waals surface area contributed by atoms with Crippen molar-refractivity contribution in [3.63, 3.8) is 0 Å². The number of nitrogens with one attached hydrogen (secondary N) is 1. The summed E-state index contributed by atoms with van der Waals surface area (Å²) in [6.45, 7) is 0.678. The fourth-order valence-corrected chi connectivity index (χ4v) is 2.30. The van der Waals surface area contributed by atoms with Gasteiger partial charge in [0.25, 0.3) is 0 Å². The number of hydrogen-bond acceptors (Lipinski definition) is 3. The van der Waals surface area contributed by atoms with Gasteiger partial charge in [-0.15, -0.1) is 0 Å². The normalized spacial score (nSPS) is 17.7. The Bertz CT molecular complexity index is 605. The second-order valence-corrected chi connectivity index (χ2v) is 4.52. The Morgan fingerprint density at radius 2 is 1.63 bits per heavy atom. The summed E-state index contributed by atoms with van der Waals surface area (Å²) in [6, 6.07) is 19.3. The van der Waals surface area contributed by atoms with E-state index in [0.717, 1.165) is 5.56 Å². The Hall–Kier alpha value is -2.42. The van der Waals surface area contributed by atoms with Crippen LogP contribution in [-0.4, -0.2) is 18.0 Å². The Balaban J connectivity index is 1.90. The van der Waals surface area contributed by atoms with Gasteiger partial charge in [-0.1, -0.05) is 60.7 Å². The van der Waals surface area contributed by atoms with Crippen molar-refractivity contribution in [2.45, 2.75) is 5.92 Å². The highest BCUT2D eigenvalue weighted by atomic mass is 16.1. The lowest BCUT2D eigenvalue weighted by molar-refractivity contribution is 0.106. The second-order valence-electron chi connectivity index (χ2n) is 4.52. The van der Waals surface area contributed by atoms with Gasteiger partial charge in [-0.05, 0) is 5.56 Å². The Labute approximate surface area is 112 Å².